The summed E-state index contributed by atoms with van der Waals surface area (Å²) in [7, 11) is 0. The molecule has 0 amide bonds. The van der Waals surface area contributed by atoms with E-state index in [0.717, 1.165) is 4.90 Å². The lowest BCUT2D eigenvalue weighted by molar-refractivity contribution is 0.0527. The van der Waals surface area contributed by atoms with Crippen LogP contribution in [0.15, 0.2) is 40.4 Å². The second kappa shape index (κ2) is 7.02. The standard InChI is InChI=1S/C14H12Cl2N2O2S/c1-2-20-14(19)9-5-6-18-13(12(9)17)21-8-3-4-10(15)11(16)7-8/h3-7H,2,17H2,1H3. The molecule has 0 saturated carbocycles. The second-order valence-corrected chi connectivity index (χ2v) is 5.85. The number of hydrogen-bond donors (Lipinski definition) is 1. The molecule has 0 radical (unpaired) electrons. The van der Waals surface area contributed by atoms with Gasteiger partial charge in [-0.1, -0.05) is 35.0 Å². The number of nitrogens with zero attached hydrogens (tertiary/aromatic N) is 1. The molecule has 4 nitrogen and oxygen atoms in total. The average Bonchev–Trinajstić information content (AvgIpc) is 2.45. The van der Waals surface area contributed by atoms with E-state index in [1.54, 1.807) is 25.1 Å². The number of rotatable bonds is 4. The van der Waals surface area contributed by atoms with Crippen LogP contribution in [0.4, 0.5) is 5.69 Å². The van der Waals surface area contributed by atoms with Crippen molar-refractivity contribution in [2.45, 2.75) is 16.8 Å². The van der Waals surface area contributed by atoms with E-state index < -0.39 is 5.97 Å². The van der Waals surface area contributed by atoms with Gasteiger partial charge in [0.1, 0.15) is 5.03 Å². The largest absolute Gasteiger partial charge is 0.462 e. The number of anilines is 1. The molecular formula is C14H12Cl2N2O2S. The van der Waals surface area contributed by atoms with Gasteiger partial charge >= 0.3 is 5.97 Å². The van der Waals surface area contributed by atoms with Crippen LogP contribution in [0.25, 0.3) is 0 Å². The van der Waals surface area contributed by atoms with Gasteiger partial charge in [-0.25, -0.2) is 9.78 Å². The molecule has 0 unspecified atom stereocenters. The number of halogens is 2. The summed E-state index contributed by atoms with van der Waals surface area (Å²) in [6.07, 6.45) is 1.52. The third-order valence-electron chi connectivity index (χ3n) is 2.55. The van der Waals surface area contributed by atoms with Gasteiger partial charge in [-0.15, -0.1) is 0 Å². The lowest BCUT2D eigenvalue weighted by atomic mass is 10.2. The van der Waals surface area contributed by atoms with Gasteiger partial charge in [0.2, 0.25) is 0 Å². The number of hydrogen-bond acceptors (Lipinski definition) is 5. The molecule has 1 aromatic carbocycles. The summed E-state index contributed by atoms with van der Waals surface area (Å²) < 4.78 is 4.95. The Morgan fingerprint density at radius 1 is 1.33 bits per heavy atom. The summed E-state index contributed by atoms with van der Waals surface area (Å²) in [6, 6.07) is 6.74. The van der Waals surface area contributed by atoms with Crippen molar-refractivity contribution in [2.75, 3.05) is 12.3 Å². The van der Waals surface area contributed by atoms with Crippen LogP contribution in [0, 0.1) is 0 Å². The molecule has 2 N–H and O–H groups in total. The fourth-order valence-electron chi connectivity index (χ4n) is 1.57. The number of nitrogen functional groups attached to an aromatic ring is 1. The Morgan fingerprint density at radius 2 is 2.10 bits per heavy atom. The highest BCUT2D eigenvalue weighted by atomic mass is 35.5. The smallest absolute Gasteiger partial charge is 0.340 e. The van der Waals surface area contributed by atoms with Gasteiger partial charge in [-0.3, -0.25) is 0 Å². The fraction of sp³-hybridized carbons (Fsp3) is 0.143. The van der Waals surface area contributed by atoms with E-state index in [1.807, 2.05) is 0 Å². The number of pyridine rings is 1. The Hall–Kier alpha value is -1.43. The van der Waals surface area contributed by atoms with E-state index in [1.165, 1.54) is 24.0 Å². The Bertz CT molecular complexity index is 680. The zero-order valence-corrected chi connectivity index (χ0v) is 13.4. The van der Waals surface area contributed by atoms with Crippen LogP contribution in [-0.4, -0.2) is 17.6 Å². The fourth-order valence-corrected chi connectivity index (χ4v) is 2.81. The highest BCUT2D eigenvalue weighted by Gasteiger charge is 2.15. The van der Waals surface area contributed by atoms with E-state index in [-0.39, 0.29) is 12.3 Å². The molecule has 7 heteroatoms. The molecule has 0 bridgehead atoms. The van der Waals surface area contributed by atoms with E-state index in [9.17, 15) is 4.79 Å². The summed E-state index contributed by atoms with van der Waals surface area (Å²) in [5.41, 5.74) is 6.57. The van der Waals surface area contributed by atoms with Crippen LogP contribution < -0.4 is 5.73 Å². The van der Waals surface area contributed by atoms with Crippen LogP contribution in [0.5, 0.6) is 0 Å². The van der Waals surface area contributed by atoms with E-state index in [2.05, 4.69) is 4.98 Å². The molecule has 1 aromatic heterocycles. The zero-order valence-electron chi connectivity index (χ0n) is 11.1. The quantitative estimate of drug-likeness (QED) is 0.839. The van der Waals surface area contributed by atoms with Crippen molar-refractivity contribution in [1.29, 1.82) is 0 Å². The molecule has 0 fully saturated rings. The maximum absolute atomic E-state index is 11.8. The van der Waals surface area contributed by atoms with Crippen molar-refractivity contribution in [3.8, 4) is 0 Å². The van der Waals surface area contributed by atoms with Gasteiger partial charge in [-0.05, 0) is 31.2 Å². The molecule has 0 aliphatic heterocycles. The Balaban J connectivity index is 2.30. The first-order chi connectivity index (χ1) is 10.0. The van der Waals surface area contributed by atoms with E-state index >= 15 is 0 Å². The number of carbonyl (C=O) groups excluding carboxylic acids is 1. The SMILES string of the molecule is CCOC(=O)c1ccnc(Sc2ccc(Cl)c(Cl)c2)c1N. The van der Waals surface area contributed by atoms with Crippen LogP contribution in [0.1, 0.15) is 17.3 Å². The van der Waals surface area contributed by atoms with Gasteiger partial charge in [0.15, 0.2) is 0 Å². The van der Waals surface area contributed by atoms with E-state index in [4.69, 9.17) is 33.7 Å². The van der Waals surface area contributed by atoms with Crippen LogP contribution in [-0.2, 0) is 4.74 Å². The average molecular weight is 343 g/mol. The first-order valence-electron chi connectivity index (χ1n) is 6.07. The number of esters is 1. The number of nitrogens with two attached hydrogens (primary N) is 1. The Morgan fingerprint density at radius 3 is 2.76 bits per heavy atom. The molecule has 2 rings (SSSR count). The predicted molar refractivity (Wildman–Crippen MR) is 85.2 cm³/mol. The monoisotopic (exact) mass is 342 g/mol. The maximum Gasteiger partial charge on any atom is 0.340 e. The Kier molecular flexibility index (Phi) is 5.33. The lowest BCUT2D eigenvalue weighted by Gasteiger charge is -2.09. The van der Waals surface area contributed by atoms with Crippen LogP contribution >= 0.6 is 35.0 Å². The molecule has 0 spiro atoms. The second-order valence-electron chi connectivity index (χ2n) is 3.98. The van der Waals surface area contributed by atoms with Crippen molar-refractivity contribution in [3.63, 3.8) is 0 Å². The maximum atomic E-state index is 11.8. The number of aromatic nitrogens is 1. The third kappa shape index (κ3) is 3.81. The van der Waals surface area contributed by atoms with Crippen molar-refractivity contribution in [3.05, 3.63) is 46.1 Å². The van der Waals surface area contributed by atoms with Crippen molar-refractivity contribution < 1.29 is 9.53 Å². The summed E-state index contributed by atoms with van der Waals surface area (Å²) in [6.45, 7) is 2.02. The van der Waals surface area contributed by atoms with Gasteiger partial charge in [0.25, 0.3) is 0 Å². The molecule has 110 valence electrons. The molecule has 1 heterocycles. The summed E-state index contributed by atoms with van der Waals surface area (Å²) in [5, 5.41) is 1.43. The molecule has 21 heavy (non-hydrogen) atoms. The lowest BCUT2D eigenvalue weighted by Crippen LogP contribution is -2.09. The Labute approximate surface area is 136 Å². The molecular weight excluding hydrogens is 331 g/mol. The first kappa shape index (κ1) is 15.9. The molecule has 2 aromatic rings. The highest BCUT2D eigenvalue weighted by Crippen LogP contribution is 2.35. The van der Waals surface area contributed by atoms with Crippen molar-refractivity contribution in [1.82, 2.24) is 4.98 Å². The van der Waals surface area contributed by atoms with Crippen LogP contribution in [0.3, 0.4) is 0 Å². The topological polar surface area (TPSA) is 65.2 Å². The molecule has 0 aliphatic carbocycles. The minimum absolute atomic E-state index is 0.284. The summed E-state index contributed by atoms with van der Waals surface area (Å²) in [4.78, 5) is 16.8. The van der Waals surface area contributed by atoms with Crippen molar-refractivity contribution >= 4 is 46.6 Å². The number of ether oxygens (including phenoxy) is 1. The predicted octanol–water partition coefficient (Wildman–Crippen LogP) is 4.30. The van der Waals surface area contributed by atoms with Gasteiger partial charge in [-0.2, -0.15) is 0 Å². The number of benzene rings is 1. The zero-order chi connectivity index (χ0) is 15.4. The van der Waals surface area contributed by atoms with E-state index in [0.29, 0.717) is 20.6 Å². The summed E-state index contributed by atoms with van der Waals surface area (Å²) >= 11 is 13.1. The minimum Gasteiger partial charge on any atom is -0.462 e. The van der Waals surface area contributed by atoms with Crippen LogP contribution in [0.2, 0.25) is 10.0 Å². The van der Waals surface area contributed by atoms with Gasteiger partial charge in [0.05, 0.1) is 27.9 Å². The number of carbonyl (C=O) groups is 1. The molecule has 0 aliphatic rings. The highest BCUT2D eigenvalue weighted by molar-refractivity contribution is 7.99. The molecule has 0 saturated heterocycles. The van der Waals surface area contributed by atoms with Gasteiger partial charge < -0.3 is 10.5 Å². The van der Waals surface area contributed by atoms with Crippen molar-refractivity contribution in [2.24, 2.45) is 0 Å². The normalized spacial score (nSPS) is 10.4. The third-order valence-corrected chi connectivity index (χ3v) is 4.30. The summed E-state index contributed by atoms with van der Waals surface area (Å²) in [5.74, 6) is -0.464. The van der Waals surface area contributed by atoms with Gasteiger partial charge in [0, 0.05) is 11.1 Å². The minimum atomic E-state index is -0.464. The first-order valence-corrected chi connectivity index (χ1v) is 7.64. The molecule has 0 atom stereocenters.